The van der Waals surface area contributed by atoms with Gasteiger partial charge in [-0.05, 0) is 40.5 Å². The zero-order valence-electron chi connectivity index (χ0n) is 10.5. The zero-order valence-corrected chi connectivity index (χ0v) is 12.1. The van der Waals surface area contributed by atoms with E-state index >= 15 is 0 Å². The van der Waals surface area contributed by atoms with Gasteiger partial charge in [0.25, 0.3) is 0 Å². The minimum absolute atomic E-state index is 0.0395. The van der Waals surface area contributed by atoms with E-state index in [1.54, 1.807) is 0 Å². The maximum Gasteiger partial charge on any atom is 0.236 e. The second-order valence-corrected chi connectivity index (χ2v) is 5.38. The highest BCUT2D eigenvalue weighted by Crippen LogP contribution is 2.27. The summed E-state index contributed by atoms with van der Waals surface area (Å²) in [5, 5.41) is 0. The Hall–Kier alpha value is -1.07. The van der Waals surface area contributed by atoms with Crippen LogP contribution in [-0.4, -0.2) is 43.5 Å². The smallest absolute Gasteiger partial charge is 0.236 e. The molecular formula is C13H18BrN3O. The van der Waals surface area contributed by atoms with Gasteiger partial charge in [-0.15, -0.1) is 0 Å². The summed E-state index contributed by atoms with van der Waals surface area (Å²) in [7, 11) is 0. The summed E-state index contributed by atoms with van der Waals surface area (Å²) in [5.41, 5.74) is 7.81. The van der Waals surface area contributed by atoms with Crippen LogP contribution in [0.3, 0.4) is 0 Å². The van der Waals surface area contributed by atoms with Gasteiger partial charge in [-0.3, -0.25) is 4.79 Å². The Balaban J connectivity index is 2.03. The first-order chi connectivity index (χ1) is 8.61. The van der Waals surface area contributed by atoms with E-state index in [4.69, 9.17) is 5.73 Å². The van der Waals surface area contributed by atoms with Crippen molar-refractivity contribution in [3.05, 3.63) is 28.2 Å². The second-order valence-electron chi connectivity index (χ2n) is 4.53. The Labute approximate surface area is 116 Å². The molecule has 0 bridgehead atoms. The Morgan fingerprint density at radius 2 is 2.00 bits per heavy atom. The highest BCUT2D eigenvalue weighted by atomic mass is 79.9. The molecule has 1 amide bonds. The van der Waals surface area contributed by atoms with E-state index in [9.17, 15) is 4.79 Å². The van der Waals surface area contributed by atoms with E-state index in [2.05, 4.69) is 46.0 Å². The first-order valence-electron chi connectivity index (χ1n) is 6.11. The van der Waals surface area contributed by atoms with Gasteiger partial charge in [0, 0.05) is 30.7 Å². The quantitative estimate of drug-likeness (QED) is 0.897. The predicted octanol–water partition coefficient (Wildman–Crippen LogP) is 1.36. The number of piperazine rings is 1. The summed E-state index contributed by atoms with van der Waals surface area (Å²) in [4.78, 5) is 15.6. The Bertz CT molecular complexity index is 442. The molecule has 1 aromatic rings. The third kappa shape index (κ3) is 2.84. The molecule has 1 aliphatic rings. The number of aryl methyl sites for hydroxylation is 1. The molecule has 4 nitrogen and oxygen atoms in total. The average molecular weight is 312 g/mol. The SMILES string of the molecule is Cc1ccc(N2CCN(C(=O)CN)CC2)c(Br)c1. The van der Waals surface area contributed by atoms with Gasteiger partial charge in [0.2, 0.25) is 5.91 Å². The number of nitrogens with zero attached hydrogens (tertiary/aromatic N) is 2. The number of nitrogens with two attached hydrogens (primary N) is 1. The molecule has 0 unspecified atom stereocenters. The number of halogens is 1. The summed E-state index contributed by atoms with van der Waals surface area (Å²) in [6.45, 7) is 5.38. The first kappa shape index (κ1) is 13.4. The molecule has 1 aromatic carbocycles. The van der Waals surface area contributed by atoms with Crippen LogP contribution in [0.5, 0.6) is 0 Å². The van der Waals surface area contributed by atoms with E-state index in [0.29, 0.717) is 0 Å². The topological polar surface area (TPSA) is 49.6 Å². The van der Waals surface area contributed by atoms with Gasteiger partial charge in [-0.1, -0.05) is 6.07 Å². The largest absolute Gasteiger partial charge is 0.367 e. The lowest BCUT2D eigenvalue weighted by Crippen LogP contribution is -2.50. The van der Waals surface area contributed by atoms with E-state index < -0.39 is 0 Å². The molecular weight excluding hydrogens is 294 g/mol. The predicted molar refractivity (Wildman–Crippen MR) is 76.7 cm³/mol. The molecule has 0 aromatic heterocycles. The van der Waals surface area contributed by atoms with Gasteiger partial charge in [0.05, 0.1) is 12.2 Å². The Morgan fingerprint density at radius 1 is 1.33 bits per heavy atom. The van der Waals surface area contributed by atoms with Crippen molar-refractivity contribution in [2.75, 3.05) is 37.6 Å². The Morgan fingerprint density at radius 3 is 2.56 bits per heavy atom. The van der Waals surface area contributed by atoms with E-state index in [0.717, 1.165) is 30.7 Å². The number of carbonyl (C=O) groups excluding carboxylic acids is 1. The molecule has 0 saturated carbocycles. The molecule has 0 aliphatic carbocycles. The van der Waals surface area contributed by atoms with Crippen LogP contribution in [0.4, 0.5) is 5.69 Å². The fourth-order valence-corrected chi connectivity index (χ4v) is 2.94. The Kier molecular flexibility index (Phi) is 4.24. The maximum absolute atomic E-state index is 11.5. The number of carbonyl (C=O) groups is 1. The number of anilines is 1. The lowest BCUT2D eigenvalue weighted by Gasteiger charge is -2.36. The molecule has 1 heterocycles. The minimum atomic E-state index is 0.0395. The number of rotatable bonds is 2. The van der Waals surface area contributed by atoms with Crippen molar-refractivity contribution >= 4 is 27.5 Å². The van der Waals surface area contributed by atoms with Gasteiger partial charge in [-0.25, -0.2) is 0 Å². The van der Waals surface area contributed by atoms with Gasteiger partial charge in [0.15, 0.2) is 0 Å². The van der Waals surface area contributed by atoms with E-state index in [1.165, 1.54) is 11.3 Å². The van der Waals surface area contributed by atoms with E-state index in [-0.39, 0.29) is 12.5 Å². The molecule has 1 saturated heterocycles. The fourth-order valence-electron chi connectivity index (χ4n) is 2.19. The van der Waals surface area contributed by atoms with Gasteiger partial charge in [-0.2, -0.15) is 0 Å². The minimum Gasteiger partial charge on any atom is -0.367 e. The van der Waals surface area contributed by atoms with Gasteiger partial charge >= 0.3 is 0 Å². The number of amides is 1. The summed E-state index contributed by atoms with van der Waals surface area (Å²) >= 11 is 3.60. The average Bonchev–Trinajstić information content (AvgIpc) is 2.38. The van der Waals surface area contributed by atoms with Crippen LogP contribution < -0.4 is 10.6 Å². The van der Waals surface area contributed by atoms with Crippen LogP contribution in [0.1, 0.15) is 5.56 Å². The molecule has 2 N–H and O–H groups in total. The zero-order chi connectivity index (χ0) is 13.1. The normalized spacial score (nSPS) is 15.9. The highest BCUT2D eigenvalue weighted by Gasteiger charge is 2.21. The van der Waals surface area contributed by atoms with Crippen LogP contribution in [-0.2, 0) is 4.79 Å². The van der Waals surface area contributed by atoms with Crippen LogP contribution >= 0.6 is 15.9 Å². The van der Waals surface area contributed by atoms with Crippen molar-refractivity contribution in [3.63, 3.8) is 0 Å². The lowest BCUT2D eigenvalue weighted by molar-refractivity contribution is -0.129. The number of hydrogen-bond donors (Lipinski definition) is 1. The molecule has 2 rings (SSSR count). The third-order valence-corrected chi connectivity index (χ3v) is 3.89. The standard InChI is InChI=1S/C13H18BrN3O/c1-10-2-3-12(11(14)8-10)16-4-6-17(7-5-16)13(18)9-15/h2-3,8H,4-7,9,15H2,1H3. The second kappa shape index (κ2) is 5.71. The maximum atomic E-state index is 11.5. The van der Waals surface area contributed by atoms with E-state index in [1.807, 2.05) is 4.90 Å². The summed E-state index contributed by atoms with van der Waals surface area (Å²) in [5.74, 6) is 0.0395. The van der Waals surface area contributed by atoms with Crippen LogP contribution in [0, 0.1) is 6.92 Å². The van der Waals surface area contributed by atoms with Crippen molar-refractivity contribution in [1.82, 2.24) is 4.90 Å². The van der Waals surface area contributed by atoms with Gasteiger partial charge in [0.1, 0.15) is 0 Å². The first-order valence-corrected chi connectivity index (χ1v) is 6.90. The molecule has 0 spiro atoms. The highest BCUT2D eigenvalue weighted by molar-refractivity contribution is 9.10. The summed E-state index contributed by atoms with van der Waals surface area (Å²) in [6, 6.07) is 6.35. The third-order valence-electron chi connectivity index (χ3n) is 3.25. The monoisotopic (exact) mass is 311 g/mol. The lowest BCUT2D eigenvalue weighted by atomic mass is 10.2. The molecule has 1 aliphatic heterocycles. The molecule has 5 heteroatoms. The summed E-state index contributed by atoms with van der Waals surface area (Å²) in [6.07, 6.45) is 0. The summed E-state index contributed by atoms with van der Waals surface area (Å²) < 4.78 is 1.11. The van der Waals surface area contributed by atoms with Crippen molar-refractivity contribution in [3.8, 4) is 0 Å². The number of hydrogen-bond acceptors (Lipinski definition) is 3. The number of benzene rings is 1. The molecule has 1 fully saturated rings. The van der Waals surface area contributed by atoms with Crippen molar-refractivity contribution in [2.24, 2.45) is 5.73 Å². The van der Waals surface area contributed by atoms with Crippen LogP contribution in [0.15, 0.2) is 22.7 Å². The molecule has 0 radical (unpaired) electrons. The van der Waals surface area contributed by atoms with Crippen molar-refractivity contribution in [1.29, 1.82) is 0 Å². The fraction of sp³-hybridized carbons (Fsp3) is 0.462. The van der Waals surface area contributed by atoms with Crippen LogP contribution in [0.25, 0.3) is 0 Å². The molecule has 0 atom stereocenters. The molecule has 98 valence electrons. The van der Waals surface area contributed by atoms with Crippen LogP contribution in [0.2, 0.25) is 0 Å². The van der Waals surface area contributed by atoms with Crippen molar-refractivity contribution < 1.29 is 4.79 Å². The molecule has 18 heavy (non-hydrogen) atoms. The van der Waals surface area contributed by atoms with Crippen molar-refractivity contribution in [2.45, 2.75) is 6.92 Å². The van der Waals surface area contributed by atoms with Gasteiger partial charge < -0.3 is 15.5 Å².